The highest BCUT2D eigenvalue weighted by molar-refractivity contribution is 4.81. The predicted molar refractivity (Wildman–Crippen MR) is 48.5 cm³/mol. The second-order valence-electron chi connectivity index (χ2n) is 3.48. The third-order valence-electron chi connectivity index (χ3n) is 2.76. The molecular weight excluding hydrogens is 136 g/mol. The Morgan fingerprint density at radius 1 is 1.45 bits per heavy atom. The maximum absolute atomic E-state index is 5.89. The Morgan fingerprint density at radius 2 is 2.18 bits per heavy atom. The van der Waals surface area contributed by atoms with Crippen LogP contribution in [0.5, 0.6) is 0 Å². The van der Waals surface area contributed by atoms with Crippen molar-refractivity contribution >= 4 is 0 Å². The molecule has 0 bridgehead atoms. The Morgan fingerprint density at radius 3 is 2.73 bits per heavy atom. The maximum Gasteiger partial charge on any atom is 0.0107 e. The van der Waals surface area contributed by atoms with Crippen molar-refractivity contribution in [2.45, 2.75) is 45.2 Å². The number of rotatable bonds is 2. The van der Waals surface area contributed by atoms with E-state index in [0.29, 0.717) is 6.04 Å². The zero-order chi connectivity index (χ0) is 8.27. The fraction of sp³-hybridized carbons (Fsp3) is 1.00. The highest BCUT2D eigenvalue weighted by Crippen LogP contribution is 2.17. The Hall–Kier alpha value is -0.0800. The van der Waals surface area contributed by atoms with Crippen LogP contribution in [0.4, 0.5) is 0 Å². The first-order valence-electron chi connectivity index (χ1n) is 4.77. The molecule has 2 unspecified atom stereocenters. The van der Waals surface area contributed by atoms with Crippen LogP contribution in [0.2, 0.25) is 0 Å². The quantitative estimate of drug-likeness (QED) is 0.651. The highest BCUT2D eigenvalue weighted by atomic mass is 15.2. The van der Waals surface area contributed by atoms with Crippen LogP contribution in [-0.2, 0) is 0 Å². The van der Waals surface area contributed by atoms with Crippen LogP contribution >= 0.6 is 0 Å². The molecule has 66 valence electrons. The van der Waals surface area contributed by atoms with Crippen LogP contribution in [0.15, 0.2) is 0 Å². The van der Waals surface area contributed by atoms with E-state index in [-0.39, 0.29) is 0 Å². The highest BCUT2D eigenvalue weighted by Gasteiger charge is 2.23. The van der Waals surface area contributed by atoms with Gasteiger partial charge in [-0.1, -0.05) is 13.8 Å². The van der Waals surface area contributed by atoms with Gasteiger partial charge >= 0.3 is 0 Å². The minimum absolute atomic E-state index is 0.461. The van der Waals surface area contributed by atoms with E-state index >= 15 is 0 Å². The van der Waals surface area contributed by atoms with E-state index in [4.69, 9.17) is 5.73 Å². The average Bonchev–Trinajstić information content (AvgIpc) is 2.04. The fourth-order valence-corrected chi connectivity index (χ4v) is 1.97. The lowest BCUT2D eigenvalue weighted by Crippen LogP contribution is -2.46. The molecule has 1 aliphatic heterocycles. The lowest BCUT2D eigenvalue weighted by atomic mass is 9.96. The summed E-state index contributed by atoms with van der Waals surface area (Å²) in [4.78, 5) is 2.54. The summed E-state index contributed by atoms with van der Waals surface area (Å²) in [5, 5.41) is 0. The van der Waals surface area contributed by atoms with E-state index < -0.39 is 0 Å². The van der Waals surface area contributed by atoms with Gasteiger partial charge in [-0.05, 0) is 32.4 Å². The smallest absolute Gasteiger partial charge is 0.0107 e. The maximum atomic E-state index is 5.89. The lowest BCUT2D eigenvalue weighted by molar-refractivity contribution is 0.139. The molecular formula is C9H20N2. The van der Waals surface area contributed by atoms with Gasteiger partial charge in [-0.2, -0.15) is 0 Å². The molecule has 1 fully saturated rings. The Labute approximate surface area is 69.8 Å². The molecule has 2 nitrogen and oxygen atoms in total. The second-order valence-corrected chi connectivity index (χ2v) is 3.48. The van der Waals surface area contributed by atoms with E-state index in [0.717, 1.165) is 6.04 Å². The SMILES string of the molecule is CCC1CC(N)CCN1CC. The van der Waals surface area contributed by atoms with Gasteiger partial charge in [0.25, 0.3) is 0 Å². The van der Waals surface area contributed by atoms with Crippen LogP contribution in [0.25, 0.3) is 0 Å². The third-order valence-corrected chi connectivity index (χ3v) is 2.76. The monoisotopic (exact) mass is 156 g/mol. The number of hydrogen-bond acceptors (Lipinski definition) is 2. The molecule has 2 N–H and O–H groups in total. The first-order chi connectivity index (χ1) is 5.27. The minimum Gasteiger partial charge on any atom is -0.328 e. The van der Waals surface area contributed by atoms with Crippen molar-refractivity contribution in [1.29, 1.82) is 0 Å². The summed E-state index contributed by atoms with van der Waals surface area (Å²) >= 11 is 0. The standard InChI is InChI=1S/C9H20N2/c1-3-9-7-8(10)5-6-11(9)4-2/h8-9H,3-7,10H2,1-2H3. The molecule has 1 aliphatic rings. The normalized spacial score (nSPS) is 34.1. The summed E-state index contributed by atoms with van der Waals surface area (Å²) < 4.78 is 0. The summed E-state index contributed by atoms with van der Waals surface area (Å²) in [6, 6.07) is 1.21. The molecule has 0 aliphatic carbocycles. The van der Waals surface area contributed by atoms with Crippen molar-refractivity contribution in [2.75, 3.05) is 13.1 Å². The first kappa shape index (κ1) is 9.01. The van der Waals surface area contributed by atoms with Crippen molar-refractivity contribution in [1.82, 2.24) is 4.90 Å². The largest absolute Gasteiger partial charge is 0.328 e. The topological polar surface area (TPSA) is 29.3 Å². The van der Waals surface area contributed by atoms with Crippen molar-refractivity contribution in [3.8, 4) is 0 Å². The van der Waals surface area contributed by atoms with Crippen LogP contribution in [-0.4, -0.2) is 30.1 Å². The minimum atomic E-state index is 0.461. The van der Waals surface area contributed by atoms with Crippen molar-refractivity contribution in [2.24, 2.45) is 5.73 Å². The van der Waals surface area contributed by atoms with Gasteiger partial charge in [0.05, 0.1) is 0 Å². The zero-order valence-electron chi connectivity index (χ0n) is 7.71. The number of likely N-dealkylation sites (tertiary alicyclic amines) is 1. The molecule has 1 heterocycles. The summed E-state index contributed by atoms with van der Waals surface area (Å²) in [7, 11) is 0. The number of piperidine rings is 1. The summed E-state index contributed by atoms with van der Waals surface area (Å²) in [6.45, 7) is 6.88. The van der Waals surface area contributed by atoms with Gasteiger partial charge in [-0.15, -0.1) is 0 Å². The van der Waals surface area contributed by atoms with Crippen molar-refractivity contribution in [3.63, 3.8) is 0 Å². The molecule has 1 saturated heterocycles. The molecule has 2 heteroatoms. The molecule has 0 aromatic carbocycles. The number of nitrogens with two attached hydrogens (primary N) is 1. The fourth-order valence-electron chi connectivity index (χ4n) is 1.97. The van der Waals surface area contributed by atoms with Crippen LogP contribution in [0.1, 0.15) is 33.1 Å². The number of nitrogens with zero attached hydrogens (tertiary/aromatic N) is 1. The van der Waals surface area contributed by atoms with Gasteiger partial charge in [-0.3, -0.25) is 0 Å². The van der Waals surface area contributed by atoms with Gasteiger partial charge in [0.15, 0.2) is 0 Å². The zero-order valence-corrected chi connectivity index (χ0v) is 7.71. The van der Waals surface area contributed by atoms with Crippen LogP contribution < -0.4 is 5.73 Å². The van der Waals surface area contributed by atoms with E-state index in [1.54, 1.807) is 0 Å². The van der Waals surface area contributed by atoms with E-state index in [1.165, 1.54) is 32.4 Å². The van der Waals surface area contributed by atoms with E-state index in [1.807, 2.05) is 0 Å². The molecule has 1 rings (SSSR count). The third kappa shape index (κ3) is 2.17. The molecule has 0 aromatic heterocycles. The van der Waals surface area contributed by atoms with Gasteiger partial charge in [0.1, 0.15) is 0 Å². The lowest BCUT2D eigenvalue weighted by Gasteiger charge is -2.37. The van der Waals surface area contributed by atoms with Gasteiger partial charge in [0.2, 0.25) is 0 Å². The average molecular weight is 156 g/mol. The first-order valence-corrected chi connectivity index (χ1v) is 4.77. The van der Waals surface area contributed by atoms with E-state index in [9.17, 15) is 0 Å². The molecule has 0 amide bonds. The molecule has 0 aromatic rings. The molecule has 0 radical (unpaired) electrons. The Kier molecular flexibility index (Phi) is 3.34. The second kappa shape index (κ2) is 4.07. The molecule has 2 atom stereocenters. The van der Waals surface area contributed by atoms with Crippen molar-refractivity contribution in [3.05, 3.63) is 0 Å². The van der Waals surface area contributed by atoms with Gasteiger partial charge in [0, 0.05) is 12.1 Å². The van der Waals surface area contributed by atoms with Gasteiger partial charge in [-0.25, -0.2) is 0 Å². The van der Waals surface area contributed by atoms with Crippen molar-refractivity contribution < 1.29 is 0 Å². The number of hydrogen-bond donors (Lipinski definition) is 1. The van der Waals surface area contributed by atoms with Crippen LogP contribution in [0, 0.1) is 0 Å². The van der Waals surface area contributed by atoms with E-state index in [2.05, 4.69) is 18.7 Å². The molecule has 11 heavy (non-hydrogen) atoms. The summed E-state index contributed by atoms with van der Waals surface area (Å²) in [5.74, 6) is 0. The summed E-state index contributed by atoms with van der Waals surface area (Å²) in [6.07, 6.45) is 3.64. The predicted octanol–water partition coefficient (Wildman–Crippen LogP) is 1.21. The molecule has 0 saturated carbocycles. The van der Waals surface area contributed by atoms with Crippen LogP contribution in [0.3, 0.4) is 0 Å². The Bertz CT molecular complexity index is 114. The Balaban J connectivity index is 2.41. The molecule has 0 spiro atoms. The summed E-state index contributed by atoms with van der Waals surface area (Å²) in [5.41, 5.74) is 5.89. The van der Waals surface area contributed by atoms with Gasteiger partial charge < -0.3 is 10.6 Å².